The van der Waals surface area contributed by atoms with E-state index in [2.05, 4.69) is 36.1 Å². The Bertz CT molecular complexity index is 829. The van der Waals surface area contributed by atoms with Crippen LogP contribution in [0.5, 0.6) is 0 Å². The summed E-state index contributed by atoms with van der Waals surface area (Å²) in [6.07, 6.45) is 7.76. The lowest BCUT2D eigenvalue weighted by Gasteiger charge is -2.31. The minimum atomic E-state index is -0.980. The molecule has 8 heteroatoms. The van der Waals surface area contributed by atoms with E-state index in [0.29, 0.717) is 17.7 Å². The van der Waals surface area contributed by atoms with Gasteiger partial charge in [0.15, 0.2) is 0 Å². The molecule has 3 amide bonds. The number of nitrogens with one attached hydrogen (secondary N) is 2. The number of unbranched alkanes of at least 4 members (excludes halogenated alkanes) is 2. The van der Waals surface area contributed by atoms with Gasteiger partial charge in [-0.15, -0.1) is 6.42 Å². The summed E-state index contributed by atoms with van der Waals surface area (Å²) in [5.74, 6) is 1.79. The van der Waals surface area contributed by atoms with E-state index in [1.54, 1.807) is 45.0 Å². The van der Waals surface area contributed by atoms with Crippen molar-refractivity contribution in [3.63, 3.8) is 0 Å². The molecule has 7 nitrogen and oxygen atoms in total. The molecule has 0 saturated heterocycles. The van der Waals surface area contributed by atoms with Crippen LogP contribution in [0.3, 0.4) is 0 Å². The van der Waals surface area contributed by atoms with E-state index in [1.165, 1.54) is 11.9 Å². The van der Waals surface area contributed by atoms with Gasteiger partial charge in [0.25, 0.3) is 0 Å². The van der Waals surface area contributed by atoms with E-state index in [0.717, 1.165) is 19.3 Å². The second kappa shape index (κ2) is 13.0. The van der Waals surface area contributed by atoms with Crippen molar-refractivity contribution in [1.29, 1.82) is 0 Å². The van der Waals surface area contributed by atoms with Crippen LogP contribution in [-0.2, 0) is 14.3 Å². The van der Waals surface area contributed by atoms with Crippen LogP contribution >= 0.6 is 12.6 Å². The number of carbonyl (C=O) groups excluding carboxylic acids is 3. The summed E-state index contributed by atoms with van der Waals surface area (Å²) >= 11 is 4.21. The number of carbonyl (C=O) groups is 3. The van der Waals surface area contributed by atoms with Gasteiger partial charge in [0.1, 0.15) is 17.7 Å². The van der Waals surface area contributed by atoms with Crippen LogP contribution in [0.1, 0.15) is 64.1 Å². The molecule has 0 aliphatic heterocycles. The molecule has 0 aliphatic rings. The summed E-state index contributed by atoms with van der Waals surface area (Å²) in [7, 11) is 1.51. The van der Waals surface area contributed by atoms with Gasteiger partial charge in [-0.1, -0.05) is 43.9 Å². The number of rotatable bonds is 10. The van der Waals surface area contributed by atoms with Crippen molar-refractivity contribution < 1.29 is 19.1 Å². The zero-order valence-corrected chi connectivity index (χ0v) is 20.5. The zero-order valence-electron chi connectivity index (χ0n) is 19.6. The number of alkyl carbamates (subject to hydrolysis) is 1. The highest BCUT2D eigenvalue weighted by molar-refractivity contribution is 7.80. The van der Waals surface area contributed by atoms with E-state index in [-0.39, 0.29) is 11.7 Å². The quantitative estimate of drug-likeness (QED) is 0.283. The third-order valence-electron chi connectivity index (χ3n) is 4.65. The molecule has 0 aliphatic carbocycles. The molecule has 32 heavy (non-hydrogen) atoms. The first-order chi connectivity index (χ1) is 15.1. The molecule has 2 unspecified atom stereocenters. The van der Waals surface area contributed by atoms with E-state index in [9.17, 15) is 14.4 Å². The smallest absolute Gasteiger partial charge is 0.408 e. The molecule has 1 aromatic carbocycles. The molecule has 1 aromatic rings. The fourth-order valence-electron chi connectivity index (χ4n) is 3.08. The molecule has 2 atom stereocenters. The molecule has 0 fully saturated rings. The molecule has 0 bridgehead atoms. The van der Waals surface area contributed by atoms with Crippen LogP contribution in [-0.4, -0.2) is 53.8 Å². The number of nitrogens with zero attached hydrogens (tertiary/aromatic N) is 1. The third-order valence-corrected chi connectivity index (χ3v) is 5.01. The monoisotopic (exact) mass is 461 g/mol. The Hall–Kier alpha value is -2.66. The Balaban J connectivity index is 3.16. The summed E-state index contributed by atoms with van der Waals surface area (Å²) in [4.78, 5) is 39.9. The fraction of sp³-hybridized carbons (Fsp3) is 0.542. The van der Waals surface area contributed by atoms with Crippen LogP contribution in [0.2, 0.25) is 0 Å². The number of likely N-dealkylation sites (N-methyl/N-ethyl adjacent to an activating group) is 1. The Kier molecular flexibility index (Phi) is 11.1. The minimum Gasteiger partial charge on any atom is -0.444 e. The molecule has 0 saturated carbocycles. The van der Waals surface area contributed by atoms with Crippen LogP contribution in [0.4, 0.5) is 4.79 Å². The lowest BCUT2D eigenvalue weighted by atomic mass is 9.98. The van der Waals surface area contributed by atoms with Gasteiger partial charge in [-0.05, 0) is 38.8 Å². The van der Waals surface area contributed by atoms with E-state index in [1.807, 2.05) is 0 Å². The highest BCUT2D eigenvalue weighted by atomic mass is 32.1. The first-order valence-corrected chi connectivity index (χ1v) is 11.4. The number of hydrogen-bond donors (Lipinski definition) is 3. The zero-order chi connectivity index (χ0) is 24.3. The molecule has 176 valence electrons. The highest BCUT2D eigenvalue weighted by Gasteiger charge is 2.34. The molecular formula is C24H35N3O4S. The minimum absolute atomic E-state index is 0.0318. The molecule has 0 heterocycles. The Labute approximate surface area is 197 Å². The largest absolute Gasteiger partial charge is 0.444 e. The number of benzene rings is 1. The van der Waals surface area contributed by atoms with Crippen molar-refractivity contribution in [1.82, 2.24) is 15.5 Å². The average Bonchev–Trinajstić information content (AvgIpc) is 2.73. The maximum Gasteiger partial charge on any atom is 0.408 e. The summed E-state index contributed by atoms with van der Waals surface area (Å²) in [5.41, 5.74) is 0.338. The second-order valence-corrected chi connectivity index (χ2v) is 8.83. The van der Waals surface area contributed by atoms with Gasteiger partial charge in [-0.2, -0.15) is 12.6 Å². The van der Waals surface area contributed by atoms with Gasteiger partial charge in [0.2, 0.25) is 11.8 Å². The van der Waals surface area contributed by atoms with Crippen molar-refractivity contribution in [2.45, 2.75) is 64.6 Å². The number of terminal acetylenes is 1. The summed E-state index contributed by atoms with van der Waals surface area (Å²) in [5, 5.41) is 5.44. The summed E-state index contributed by atoms with van der Waals surface area (Å²) in [6.45, 7) is 7.76. The predicted octanol–water partition coefficient (Wildman–Crippen LogP) is 3.30. The second-order valence-electron chi connectivity index (χ2n) is 8.46. The van der Waals surface area contributed by atoms with Crippen molar-refractivity contribution in [2.75, 3.05) is 19.3 Å². The van der Waals surface area contributed by atoms with Gasteiger partial charge < -0.3 is 20.3 Å². The molecule has 0 aromatic heterocycles. The van der Waals surface area contributed by atoms with Gasteiger partial charge in [0.05, 0.1) is 0 Å². The predicted molar refractivity (Wildman–Crippen MR) is 129 cm³/mol. The molecule has 0 radical (unpaired) electrons. The number of ether oxygens (including phenoxy) is 1. The van der Waals surface area contributed by atoms with Crippen LogP contribution in [0.15, 0.2) is 24.3 Å². The molecule has 2 N–H and O–H groups in total. The Morgan fingerprint density at radius 1 is 1.22 bits per heavy atom. The van der Waals surface area contributed by atoms with Gasteiger partial charge in [-0.3, -0.25) is 9.59 Å². The maximum atomic E-state index is 13.2. The van der Waals surface area contributed by atoms with E-state index < -0.39 is 29.7 Å². The first kappa shape index (κ1) is 27.4. The van der Waals surface area contributed by atoms with Crippen LogP contribution in [0, 0.1) is 12.3 Å². The Morgan fingerprint density at radius 2 is 1.88 bits per heavy atom. The SMILES string of the molecule is C#Cc1ccccc1C(C(=O)NCCCCC)N(C)C(=O)C(CS)NC(=O)OC(C)(C)C. The van der Waals surface area contributed by atoms with Crippen molar-refractivity contribution in [3.8, 4) is 12.3 Å². The lowest BCUT2D eigenvalue weighted by molar-refractivity contribution is -0.140. The van der Waals surface area contributed by atoms with Crippen LogP contribution in [0.25, 0.3) is 0 Å². The molecular weight excluding hydrogens is 426 g/mol. The van der Waals surface area contributed by atoms with Gasteiger partial charge >= 0.3 is 6.09 Å². The first-order valence-electron chi connectivity index (χ1n) is 10.8. The van der Waals surface area contributed by atoms with Crippen molar-refractivity contribution >= 4 is 30.5 Å². The van der Waals surface area contributed by atoms with Gasteiger partial charge in [0, 0.05) is 24.9 Å². The molecule has 0 spiro atoms. The highest BCUT2D eigenvalue weighted by Crippen LogP contribution is 2.24. The number of thiol groups is 1. The lowest BCUT2D eigenvalue weighted by Crippen LogP contribution is -2.52. The molecule has 1 rings (SSSR count). The Morgan fingerprint density at radius 3 is 2.44 bits per heavy atom. The van der Waals surface area contributed by atoms with Crippen molar-refractivity contribution in [3.05, 3.63) is 35.4 Å². The van der Waals surface area contributed by atoms with Crippen LogP contribution < -0.4 is 10.6 Å². The fourth-order valence-corrected chi connectivity index (χ4v) is 3.33. The summed E-state index contributed by atoms with van der Waals surface area (Å²) < 4.78 is 5.24. The topological polar surface area (TPSA) is 87.7 Å². The number of amides is 3. The van der Waals surface area contributed by atoms with E-state index >= 15 is 0 Å². The third kappa shape index (κ3) is 8.46. The maximum absolute atomic E-state index is 13.2. The summed E-state index contributed by atoms with van der Waals surface area (Å²) in [6, 6.07) is 5.05. The van der Waals surface area contributed by atoms with E-state index in [4.69, 9.17) is 11.2 Å². The standard InChI is InChI=1S/C24H35N3O4S/c1-7-9-12-15-25-21(28)20(18-14-11-10-13-17(18)8-2)27(6)22(29)19(16-32)26-23(30)31-24(3,4)5/h2,10-11,13-14,19-20,32H,7,9,12,15-16H2,1,3-6H3,(H,25,28)(H,26,30). The van der Waals surface area contributed by atoms with Gasteiger partial charge in [-0.25, -0.2) is 4.79 Å². The normalized spacial score (nSPS) is 12.8. The van der Waals surface area contributed by atoms with Crippen molar-refractivity contribution in [2.24, 2.45) is 0 Å². The average molecular weight is 462 g/mol. The number of hydrogen-bond acceptors (Lipinski definition) is 5.